The van der Waals surface area contributed by atoms with Crippen molar-refractivity contribution in [2.24, 2.45) is 0 Å². The van der Waals surface area contributed by atoms with E-state index in [1.54, 1.807) is 0 Å². The summed E-state index contributed by atoms with van der Waals surface area (Å²) in [6, 6.07) is 0.823. The largest absolute Gasteiger partial charge is 0.286 e. The molecule has 0 N–H and O–H groups in total. The average molecular weight is 252 g/mol. The minimum atomic E-state index is -2.34. The van der Waals surface area contributed by atoms with E-state index in [0.29, 0.717) is 0 Å². The Morgan fingerprint density at radius 2 is 1.64 bits per heavy atom. The molecule has 1 rings (SSSR count). The molecule has 0 radical (unpaired) electrons. The van der Waals surface area contributed by atoms with Gasteiger partial charge in [0, 0.05) is 0 Å². The van der Waals surface area contributed by atoms with Gasteiger partial charge in [-0.1, -0.05) is 12.8 Å². The van der Waals surface area contributed by atoms with Crippen LogP contribution in [0.1, 0.15) is 19.3 Å². The third kappa shape index (κ3) is 2.70. The molecule has 6 heteroatoms. The number of halogens is 4. The van der Waals surface area contributed by atoms with Gasteiger partial charge in [0.15, 0.2) is 0 Å². The standard InChI is InChI=1S/C5H8Cl4Si.BH3/c6-5(7)3-1-2-4-10(5,8)9;/h1-4H2;1H3. The van der Waals surface area contributed by atoms with Gasteiger partial charge in [0.2, 0.25) is 0 Å². The first kappa shape index (κ1) is 12.4. The molecule has 1 heterocycles. The summed E-state index contributed by atoms with van der Waals surface area (Å²) in [7, 11) is 0. The summed E-state index contributed by atoms with van der Waals surface area (Å²) in [4.78, 5) is 0. The Bertz CT molecular complexity index is 122. The Labute approximate surface area is 89.5 Å². The van der Waals surface area contributed by atoms with Crippen molar-refractivity contribution in [2.75, 3.05) is 0 Å². The highest BCUT2D eigenvalue weighted by atomic mass is 35.7. The molecule has 0 atom stereocenters. The van der Waals surface area contributed by atoms with E-state index in [-0.39, 0.29) is 8.41 Å². The van der Waals surface area contributed by atoms with E-state index >= 15 is 0 Å². The number of hydrogen-bond donors (Lipinski definition) is 0. The molecule has 66 valence electrons. The Hall–Kier alpha value is 1.44. The highest BCUT2D eigenvalue weighted by Gasteiger charge is 2.51. The molecular weight excluding hydrogens is 241 g/mol. The summed E-state index contributed by atoms with van der Waals surface area (Å²) in [5.74, 6) is 0. The Morgan fingerprint density at radius 3 is 1.91 bits per heavy atom. The molecule has 0 aromatic carbocycles. The molecule has 0 saturated carbocycles. The quantitative estimate of drug-likeness (QED) is 0.353. The number of alkyl halides is 2. The van der Waals surface area contributed by atoms with Gasteiger partial charge in [0.1, 0.15) is 3.96 Å². The molecule has 0 spiro atoms. The van der Waals surface area contributed by atoms with Crippen LogP contribution in [0.5, 0.6) is 0 Å². The van der Waals surface area contributed by atoms with E-state index in [1.807, 2.05) is 0 Å². The van der Waals surface area contributed by atoms with Crippen molar-refractivity contribution < 1.29 is 0 Å². The van der Waals surface area contributed by atoms with Gasteiger partial charge >= 0.3 is 0 Å². The summed E-state index contributed by atoms with van der Waals surface area (Å²) >= 11 is 23.9. The normalized spacial score (nSPS) is 27.3. The van der Waals surface area contributed by atoms with Crippen LogP contribution in [-0.2, 0) is 0 Å². The van der Waals surface area contributed by atoms with Crippen LogP contribution in [-0.4, -0.2) is 19.1 Å². The fourth-order valence-electron chi connectivity index (χ4n) is 1.06. The zero-order valence-corrected chi connectivity index (χ0v) is 9.36. The second-order valence-electron chi connectivity index (χ2n) is 2.62. The molecule has 0 aliphatic carbocycles. The first-order valence-electron chi connectivity index (χ1n) is 3.21. The topological polar surface area (TPSA) is 0 Å². The zero-order chi connectivity index (χ0) is 7.83. The maximum absolute atomic E-state index is 6.00. The molecule has 11 heavy (non-hydrogen) atoms. The molecule has 0 nitrogen and oxygen atoms in total. The van der Waals surface area contributed by atoms with Crippen LogP contribution in [0.15, 0.2) is 0 Å². The van der Waals surface area contributed by atoms with E-state index in [2.05, 4.69) is 0 Å². The molecule has 1 saturated heterocycles. The Balaban J connectivity index is 0.000001000. The van der Waals surface area contributed by atoms with Gasteiger partial charge in [-0.3, -0.25) is 0 Å². The van der Waals surface area contributed by atoms with Crippen LogP contribution >= 0.6 is 45.4 Å². The number of rotatable bonds is 0. The van der Waals surface area contributed by atoms with E-state index in [4.69, 9.17) is 45.4 Å². The maximum atomic E-state index is 6.00. The van der Waals surface area contributed by atoms with Gasteiger partial charge in [-0.25, -0.2) is 0 Å². The molecule has 1 fully saturated rings. The predicted octanol–water partition coefficient (Wildman–Crippen LogP) is 2.62. The first-order valence-corrected chi connectivity index (χ1v) is 8.20. The lowest BCUT2D eigenvalue weighted by atomic mass is 10.3. The number of hydrogen-bond acceptors (Lipinski definition) is 0. The van der Waals surface area contributed by atoms with Crippen molar-refractivity contribution in [1.29, 1.82) is 0 Å². The smallest absolute Gasteiger partial charge is 0.143 e. The molecule has 0 unspecified atom stereocenters. The molecule has 1 aliphatic heterocycles. The summed E-state index contributed by atoms with van der Waals surface area (Å²) in [6.07, 6.45) is 2.86. The van der Waals surface area contributed by atoms with Gasteiger partial charge in [-0.05, 0) is 12.5 Å². The summed E-state index contributed by atoms with van der Waals surface area (Å²) in [6.45, 7) is -2.34. The van der Waals surface area contributed by atoms with Crippen LogP contribution in [0, 0.1) is 0 Å². The summed E-state index contributed by atoms with van der Waals surface area (Å²) in [5.41, 5.74) is 0. The Morgan fingerprint density at radius 1 is 1.09 bits per heavy atom. The van der Waals surface area contributed by atoms with Crippen molar-refractivity contribution in [3.05, 3.63) is 0 Å². The second-order valence-corrected chi connectivity index (χ2v) is 11.9. The van der Waals surface area contributed by atoms with Gasteiger partial charge in [0.05, 0.1) is 8.41 Å². The van der Waals surface area contributed by atoms with E-state index in [1.165, 1.54) is 0 Å². The minimum absolute atomic E-state index is 0. The van der Waals surface area contributed by atoms with Crippen LogP contribution in [0.25, 0.3) is 0 Å². The lowest BCUT2D eigenvalue weighted by Gasteiger charge is -2.34. The van der Waals surface area contributed by atoms with Gasteiger partial charge in [0.25, 0.3) is 6.69 Å². The van der Waals surface area contributed by atoms with Crippen molar-refractivity contribution in [2.45, 2.75) is 29.3 Å². The third-order valence-corrected chi connectivity index (χ3v) is 10.6. The van der Waals surface area contributed by atoms with Crippen LogP contribution < -0.4 is 0 Å². The van der Waals surface area contributed by atoms with Crippen LogP contribution in [0.3, 0.4) is 0 Å². The molecular formula is C5H11BCl4Si. The van der Waals surface area contributed by atoms with Gasteiger partial charge < -0.3 is 0 Å². The SMILES string of the molecule is B.ClC1(Cl)CCCC[Si]1(Cl)Cl. The summed E-state index contributed by atoms with van der Waals surface area (Å²) in [5, 5.41) is 0. The minimum Gasteiger partial charge on any atom is -0.143 e. The zero-order valence-electron chi connectivity index (χ0n) is 5.34. The monoisotopic (exact) mass is 250 g/mol. The molecule has 0 aromatic rings. The van der Waals surface area contributed by atoms with Gasteiger partial charge in [-0.15, -0.1) is 45.4 Å². The van der Waals surface area contributed by atoms with Crippen molar-refractivity contribution in [3.63, 3.8) is 0 Å². The molecule has 0 amide bonds. The van der Waals surface area contributed by atoms with Gasteiger partial charge in [-0.2, -0.15) is 0 Å². The van der Waals surface area contributed by atoms with Crippen molar-refractivity contribution in [1.82, 2.24) is 0 Å². The highest BCUT2D eigenvalue weighted by molar-refractivity contribution is 7.50. The van der Waals surface area contributed by atoms with Crippen molar-refractivity contribution in [3.8, 4) is 0 Å². The molecule has 0 bridgehead atoms. The lowest BCUT2D eigenvalue weighted by Crippen LogP contribution is -2.44. The third-order valence-electron chi connectivity index (χ3n) is 1.77. The highest BCUT2D eigenvalue weighted by Crippen LogP contribution is 2.48. The second kappa shape index (κ2) is 4.10. The predicted molar refractivity (Wildman–Crippen MR) is 60.5 cm³/mol. The van der Waals surface area contributed by atoms with Crippen LogP contribution in [0.4, 0.5) is 0 Å². The summed E-state index contributed by atoms with van der Waals surface area (Å²) < 4.78 is -0.811. The van der Waals surface area contributed by atoms with Crippen LogP contribution in [0.2, 0.25) is 6.04 Å². The first-order chi connectivity index (χ1) is 4.46. The fourth-order valence-corrected chi connectivity index (χ4v) is 4.87. The Kier molecular flexibility index (Phi) is 4.64. The van der Waals surface area contributed by atoms with Crippen molar-refractivity contribution >= 4 is 60.5 Å². The molecule has 0 aromatic heterocycles. The average Bonchev–Trinajstić information content (AvgIpc) is 1.77. The molecule has 1 aliphatic rings. The fraction of sp³-hybridized carbons (Fsp3) is 1.00. The maximum Gasteiger partial charge on any atom is 0.286 e. The lowest BCUT2D eigenvalue weighted by molar-refractivity contribution is 0.684. The van der Waals surface area contributed by atoms with E-state index < -0.39 is 10.7 Å². The van der Waals surface area contributed by atoms with E-state index in [9.17, 15) is 0 Å². The van der Waals surface area contributed by atoms with E-state index in [0.717, 1.165) is 25.3 Å².